The van der Waals surface area contributed by atoms with Gasteiger partial charge in [0, 0.05) is 17.5 Å². The summed E-state index contributed by atoms with van der Waals surface area (Å²) in [5.74, 6) is -0.155. The molecule has 1 rings (SSSR count). The third-order valence-corrected chi connectivity index (χ3v) is 1.73. The number of hydrogen-bond acceptors (Lipinski definition) is 2. The van der Waals surface area contributed by atoms with E-state index < -0.39 is 0 Å². The van der Waals surface area contributed by atoms with Gasteiger partial charge in [-0.05, 0) is 31.2 Å². The molecule has 0 radical (unpaired) electrons. The first-order valence-corrected chi connectivity index (χ1v) is 4.68. The van der Waals surface area contributed by atoms with Crippen LogP contribution in [0.15, 0.2) is 48.6 Å². The molecule has 3 nitrogen and oxygen atoms in total. The number of benzene rings is 1. The summed E-state index contributed by atoms with van der Waals surface area (Å²) in [6, 6.07) is 7.00. The van der Waals surface area contributed by atoms with Gasteiger partial charge in [-0.15, -0.1) is 0 Å². The second kappa shape index (κ2) is 5.65. The molecule has 1 amide bonds. The van der Waals surface area contributed by atoms with Crippen molar-refractivity contribution in [3.05, 3.63) is 48.6 Å². The van der Waals surface area contributed by atoms with Crippen molar-refractivity contribution in [1.82, 2.24) is 0 Å². The lowest BCUT2D eigenvalue weighted by Gasteiger charge is -2.01. The molecule has 78 valence electrons. The third kappa shape index (κ3) is 4.13. The Labute approximate surface area is 89.3 Å². The second-order valence-electron chi connectivity index (χ2n) is 3.00. The number of anilines is 2. The van der Waals surface area contributed by atoms with Crippen molar-refractivity contribution in [3.63, 3.8) is 0 Å². The van der Waals surface area contributed by atoms with Gasteiger partial charge in [0.2, 0.25) is 5.91 Å². The van der Waals surface area contributed by atoms with Gasteiger partial charge in [0.05, 0.1) is 0 Å². The van der Waals surface area contributed by atoms with Crippen molar-refractivity contribution in [3.8, 4) is 0 Å². The van der Waals surface area contributed by atoms with Gasteiger partial charge in [-0.3, -0.25) is 4.79 Å². The van der Waals surface area contributed by atoms with Gasteiger partial charge in [-0.25, -0.2) is 0 Å². The maximum Gasteiger partial charge on any atom is 0.248 e. The van der Waals surface area contributed by atoms with Crippen LogP contribution in [0.4, 0.5) is 11.4 Å². The monoisotopic (exact) mass is 202 g/mol. The highest BCUT2D eigenvalue weighted by Gasteiger charge is 1.95. The van der Waals surface area contributed by atoms with Crippen molar-refractivity contribution >= 4 is 17.3 Å². The molecular weight excluding hydrogens is 188 g/mol. The topological polar surface area (TPSA) is 55.1 Å². The minimum atomic E-state index is -0.155. The normalized spacial score (nSPS) is 11.0. The lowest BCUT2D eigenvalue weighted by molar-refractivity contribution is -0.111. The highest BCUT2D eigenvalue weighted by molar-refractivity contribution is 5.99. The van der Waals surface area contributed by atoms with Gasteiger partial charge in [-0.1, -0.05) is 18.2 Å². The molecule has 0 heterocycles. The smallest absolute Gasteiger partial charge is 0.248 e. The minimum Gasteiger partial charge on any atom is -0.399 e. The Hall–Kier alpha value is -2.03. The van der Waals surface area contributed by atoms with Gasteiger partial charge in [0.1, 0.15) is 0 Å². The largest absolute Gasteiger partial charge is 0.399 e. The molecule has 0 aliphatic rings. The van der Waals surface area contributed by atoms with Gasteiger partial charge in [0.15, 0.2) is 0 Å². The van der Waals surface area contributed by atoms with Crippen LogP contribution in [0.1, 0.15) is 6.92 Å². The second-order valence-corrected chi connectivity index (χ2v) is 3.00. The maximum atomic E-state index is 11.3. The highest BCUT2D eigenvalue weighted by Crippen LogP contribution is 2.10. The van der Waals surface area contributed by atoms with Crippen LogP contribution < -0.4 is 11.1 Å². The summed E-state index contributed by atoms with van der Waals surface area (Å²) in [5.41, 5.74) is 6.93. The Morgan fingerprint density at radius 3 is 2.53 bits per heavy atom. The zero-order chi connectivity index (χ0) is 11.1. The van der Waals surface area contributed by atoms with E-state index >= 15 is 0 Å². The number of nitrogens with two attached hydrogens (primary N) is 1. The molecule has 0 saturated carbocycles. The van der Waals surface area contributed by atoms with Gasteiger partial charge in [0.25, 0.3) is 0 Å². The first-order chi connectivity index (χ1) is 7.22. The molecule has 1 aromatic carbocycles. The summed E-state index contributed by atoms with van der Waals surface area (Å²) in [6.07, 6.45) is 6.80. The van der Waals surface area contributed by atoms with Gasteiger partial charge < -0.3 is 11.1 Å². The molecule has 0 spiro atoms. The fraction of sp³-hybridized carbons (Fsp3) is 0.0833. The lowest BCUT2D eigenvalue weighted by atomic mass is 10.3. The van der Waals surface area contributed by atoms with E-state index in [0.29, 0.717) is 5.69 Å². The fourth-order valence-corrected chi connectivity index (χ4v) is 1.00. The van der Waals surface area contributed by atoms with Gasteiger partial charge >= 0.3 is 0 Å². The zero-order valence-electron chi connectivity index (χ0n) is 8.60. The molecule has 0 saturated heterocycles. The highest BCUT2D eigenvalue weighted by atomic mass is 16.1. The van der Waals surface area contributed by atoms with Crippen LogP contribution >= 0.6 is 0 Å². The van der Waals surface area contributed by atoms with E-state index in [2.05, 4.69) is 5.32 Å². The van der Waals surface area contributed by atoms with E-state index in [9.17, 15) is 4.79 Å². The molecule has 0 fully saturated rings. The number of carbonyl (C=O) groups is 1. The number of hydrogen-bond donors (Lipinski definition) is 2. The number of nitrogen functional groups attached to an aromatic ring is 1. The summed E-state index contributed by atoms with van der Waals surface area (Å²) in [6.45, 7) is 1.89. The molecular formula is C12H14N2O. The summed E-state index contributed by atoms with van der Waals surface area (Å²) >= 11 is 0. The van der Waals surface area contributed by atoms with Crippen LogP contribution in [-0.2, 0) is 4.79 Å². The van der Waals surface area contributed by atoms with Gasteiger partial charge in [-0.2, -0.15) is 0 Å². The van der Waals surface area contributed by atoms with E-state index in [1.165, 1.54) is 6.08 Å². The van der Waals surface area contributed by atoms with Crippen LogP contribution in [0.3, 0.4) is 0 Å². The van der Waals surface area contributed by atoms with Crippen LogP contribution in [0, 0.1) is 0 Å². The number of amides is 1. The van der Waals surface area contributed by atoms with Crippen molar-refractivity contribution in [2.45, 2.75) is 6.92 Å². The first-order valence-electron chi connectivity index (χ1n) is 4.68. The molecule has 0 aliphatic carbocycles. The number of carbonyl (C=O) groups excluding carboxylic acids is 1. The summed E-state index contributed by atoms with van der Waals surface area (Å²) < 4.78 is 0. The predicted octanol–water partition coefficient (Wildman–Crippen LogP) is 2.34. The van der Waals surface area contributed by atoms with Crippen LogP contribution in [0.2, 0.25) is 0 Å². The van der Waals surface area contributed by atoms with Crippen LogP contribution in [0.25, 0.3) is 0 Å². The van der Waals surface area contributed by atoms with Crippen LogP contribution in [-0.4, -0.2) is 5.91 Å². The standard InChI is InChI=1S/C12H14N2O/c1-2-3-4-5-12(15)14-11-8-6-10(13)7-9-11/h2-9H,13H2,1H3,(H,14,15)/b3-2+,5-4+. The Balaban J connectivity index is 2.55. The third-order valence-electron chi connectivity index (χ3n) is 1.73. The SMILES string of the molecule is C/C=C/C=C/C(=O)Nc1ccc(N)cc1. The average Bonchev–Trinajstić information content (AvgIpc) is 2.22. The molecule has 15 heavy (non-hydrogen) atoms. The summed E-state index contributed by atoms with van der Waals surface area (Å²) in [7, 11) is 0. The van der Waals surface area contributed by atoms with Crippen molar-refractivity contribution in [2.75, 3.05) is 11.1 Å². The van der Waals surface area contributed by atoms with Crippen molar-refractivity contribution < 1.29 is 4.79 Å². The Morgan fingerprint density at radius 2 is 1.93 bits per heavy atom. The molecule has 1 aromatic rings. The molecule has 0 aromatic heterocycles. The Morgan fingerprint density at radius 1 is 1.27 bits per heavy atom. The average molecular weight is 202 g/mol. The Bertz CT molecular complexity index is 377. The zero-order valence-corrected chi connectivity index (χ0v) is 8.60. The van der Waals surface area contributed by atoms with E-state index in [1.54, 1.807) is 36.4 Å². The van der Waals surface area contributed by atoms with Crippen LogP contribution in [0.5, 0.6) is 0 Å². The first kappa shape index (κ1) is 11.0. The number of rotatable bonds is 3. The molecule has 0 bridgehead atoms. The summed E-state index contributed by atoms with van der Waals surface area (Å²) in [4.78, 5) is 11.3. The maximum absolute atomic E-state index is 11.3. The molecule has 0 unspecified atom stereocenters. The number of nitrogens with one attached hydrogen (secondary N) is 1. The summed E-state index contributed by atoms with van der Waals surface area (Å²) in [5, 5.41) is 2.71. The van der Waals surface area contributed by atoms with E-state index in [4.69, 9.17) is 5.73 Å². The minimum absolute atomic E-state index is 0.155. The molecule has 3 N–H and O–H groups in total. The predicted molar refractivity (Wildman–Crippen MR) is 63.4 cm³/mol. The molecule has 0 atom stereocenters. The molecule has 0 aliphatic heterocycles. The van der Waals surface area contributed by atoms with E-state index in [-0.39, 0.29) is 5.91 Å². The van der Waals surface area contributed by atoms with Crippen molar-refractivity contribution in [1.29, 1.82) is 0 Å². The Kier molecular flexibility index (Phi) is 4.16. The van der Waals surface area contributed by atoms with E-state index in [0.717, 1.165) is 5.69 Å². The van der Waals surface area contributed by atoms with E-state index in [1.807, 2.05) is 13.0 Å². The molecule has 3 heteroatoms. The lowest BCUT2D eigenvalue weighted by Crippen LogP contribution is -2.07. The number of allylic oxidation sites excluding steroid dienone is 3. The quantitative estimate of drug-likeness (QED) is 0.449. The fourth-order valence-electron chi connectivity index (χ4n) is 1.00. The van der Waals surface area contributed by atoms with Crippen molar-refractivity contribution in [2.24, 2.45) is 0 Å².